The predicted molar refractivity (Wildman–Crippen MR) is 64.8 cm³/mol. The monoisotopic (exact) mass is 231 g/mol. The lowest BCUT2D eigenvalue weighted by Gasteiger charge is -2.48. The maximum Gasteiger partial charge on any atom is 0.260 e. The molecule has 0 radical (unpaired) electrons. The summed E-state index contributed by atoms with van der Waals surface area (Å²) in [6.45, 7) is 10.4. The first-order valence-corrected chi connectivity index (χ1v) is 5.74. The van der Waals surface area contributed by atoms with Gasteiger partial charge in [0.2, 0.25) is 0 Å². The molecular weight excluding hydrogens is 210 g/mol. The van der Waals surface area contributed by atoms with Crippen LogP contribution in [0.3, 0.4) is 0 Å². The SMILES string of the molecule is CC(C)(C)OC(=S)N1CC[C@H]1C(C)(C)O. The fourth-order valence-electron chi connectivity index (χ4n) is 1.66. The molecule has 0 aliphatic carbocycles. The normalized spacial score (nSPS) is 22.3. The molecule has 0 saturated carbocycles. The van der Waals surface area contributed by atoms with Gasteiger partial charge in [-0.3, -0.25) is 0 Å². The van der Waals surface area contributed by atoms with Crippen molar-refractivity contribution in [3.05, 3.63) is 0 Å². The highest BCUT2D eigenvalue weighted by Gasteiger charge is 2.41. The largest absolute Gasteiger partial charge is 0.465 e. The lowest BCUT2D eigenvalue weighted by molar-refractivity contribution is -0.0526. The zero-order chi connectivity index (χ0) is 11.9. The van der Waals surface area contributed by atoms with E-state index in [1.54, 1.807) is 0 Å². The lowest BCUT2D eigenvalue weighted by Crippen LogP contribution is -2.61. The van der Waals surface area contributed by atoms with Gasteiger partial charge in [-0.05, 0) is 53.3 Å². The number of hydrogen-bond acceptors (Lipinski definition) is 3. The van der Waals surface area contributed by atoms with Crippen LogP contribution in [0.25, 0.3) is 0 Å². The highest BCUT2D eigenvalue weighted by atomic mass is 32.1. The highest BCUT2D eigenvalue weighted by molar-refractivity contribution is 7.80. The average Bonchev–Trinajstić information content (AvgIpc) is 1.72. The third kappa shape index (κ3) is 3.31. The Morgan fingerprint density at radius 1 is 1.33 bits per heavy atom. The van der Waals surface area contributed by atoms with Gasteiger partial charge in [-0.1, -0.05) is 0 Å². The molecule has 0 spiro atoms. The summed E-state index contributed by atoms with van der Waals surface area (Å²) in [6.07, 6.45) is 0.969. The Balaban J connectivity index is 2.56. The predicted octanol–water partition coefficient (Wildman–Crippen LogP) is 1.93. The second-order valence-electron chi connectivity index (χ2n) is 5.63. The van der Waals surface area contributed by atoms with E-state index in [0.717, 1.165) is 13.0 Å². The molecule has 0 bridgehead atoms. The first-order chi connectivity index (χ1) is 6.61. The molecule has 3 nitrogen and oxygen atoms in total. The first kappa shape index (κ1) is 12.7. The van der Waals surface area contributed by atoms with Gasteiger partial charge in [0.15, 0.2) is 0 Å². The number of hydrogen-bond donors (Lipinski definition) is 1. The maximum absolute atomic E-state index is 9.90. The van der Waals surface area contributed by atoms with Crippen LogP contribution in [0.4, 0.5) is 0 Å². The molecule has 1 heterocycles. The molecule has 15 heavy (non-hydrogen) atoms. The van der Waals surface area contributed by atoms with Crippen LogP contribution < -0.4 is 0 Å². The van der Waals surface area contributed by atoms with E-state index in [1.165, 1.54) is 0 Å². The van der Waals surface area contributed by atoms with Crippen molar-refractivity contribution in [1.29, 1.82) is 0 Å². The molecule has 0 amide bonds. The van der Waals surface area contributed by atoms with Crippen molar-refractivity contribution in [3.63, 3.8) is 0 Å². The highest BCUT2D eigenvalue weighted by Crippen LogP contribution is 2.29. The molecule has 1 N–H and O–H groups in total. The third-order valence-corrected chi connectivity index (χ3v) is 2.78. The number of ether oxygens (including phenoxy) is 1. The van der Waals surface area contributed by atoms with Crippen molar-refractivity contribution >= 4 is 17.4 Å². The van der Waals surface area contributed by atoms with Crippen LogP contribution in [0, 0.1) is 0 Å². The van der Waals surface area contributed by atoms with Crippen molar-refractivity contribution in [2.45, 2.75) is 58.3 Å². The smallest absolute Gasteiger partial charge is 0.260 e. The van der Waals surface area contributed by atoms with Crippen LogP contribution in [-0.4, -0.2) is 39.0 Å². The van der Waals surface area contributed by atoms with Crippen LogP contribution in [0.1, 0.15) is 41.0 Å². The Labute approximate surface area is 97.4 Å². The maximum atomic E-state index is 9.90. The summed E-state index contributed by atoms with van der Waals surface area (Å²) in [4.78, 5) is 1.96. The number of nitrogens with zero attached hydrogens (tertiary/aromatic N) is 1. The summed E-state index contributed by atoms with van der Waals surface area (Å²) < 4.78 is 5.61. The summed E-state index contributed by atoms with van der Waals surface area (Å²) in [5.74, 6) is 0. The van der Waals surface area contributed by atoms with Crippen molar-refractivity contribution < 1.29 is 9.84 Å². The van der Waals surface area contributed by atoms with E-state index in [9.17, 15) is 5.11 Å². The Hall–Kier alpha value is -0.350. The van der Waals surface area contributed by atoms with Gasteiger partial charge in [0.05, 0.1) is 11.6 Å². The summed E-state index contributed by atoms with van der Waals surface area (Å²) >= 11 is 5.21. The van der Waals surface area contributed by atoms with Gasteiger partial charge in [-0.15, -0.1) is 0 Å². The first-order valence-electron chi connectivity index (χ1n) is 5.33. The van der Waals surface area contributed by atoms with Gasteiger partial charge in [-0.25, -0.2) is 0 Å². The Bertz CT molecular complexity index is 252. The van der Waals surface area contributed by atoms with Gasteiger partial charge in [0.25, 0.3) is 5.17 Å². The third-order valence-electron chi connectivity index (χ3n) is 2.46. The summed E-state index contributed by atoms with van der Waals surface area (Å²) in [5.41, 5.74) is -0.986. The van der Waals surface area contributed by atoms with E-state index in [4.69, 9.17) is 17.0 Å². The minimum absolute atomic E-state index is 0.0901. The van der Waals surface area contributed by atoms with Gasteiger partial charge < -0.3 is 14.7 Å². The van der Waals surface area contributed by atoms with E-state index in [2.05, 4.69) is 0 Å². The van der Waals surface area contributed by atoms with E-state index >= 15 is 0 Å². The van der Waals surface area contributed by atoms with Crippen molar-refractivity contribution in [2.24, 2.45) is 0 Å². The summed E-state index contributed by atoms with van der Waals surface area (Å²) in [7, 11) is 0. The molecular formula is C11H21NO2S. The minimum Gasteiger partial charge on any atom is -0.465 e. The van der Waals surface area contributed by atoms with Crippen LogP contribution >= 0.6 is 12.2 Å². The Morgan fingerprint density at radius 2 is 1.87 bits per heavy atom. The molecule has 1 saturated heterocycles. The van der Waals surface area contributed by atoms with Gasteiger partial charge in [-0.2, -0.15) is 0 Å². The second kappa shape index (κ2) is 3.91. The van der Waals surface area contributed by atoms with Gasteiger partial charge in [0, 0.05) is 6.54 Å². The standard InChI is InChI=1S/C11H21NO2S/c1-10(2,3)14-9(15)12-7-6-8(12)11(4,5)13/h8,13H,6-7H2,1-5H3/t8-/m0/s1. The van der Waals surface area contributed by atoms with Crippen LogP contribution in [-0.2, 0) is 4.74 Å². The van der Waals surface area contributed by atoms with E-state index in [1.807, 2.05) is 39.5 Å². The topological polar surface area (TPSA) is 32.7 Å². The van der Waals surface area contributed by atoms with Gasteiger partial charge >= 0.3 is 0 Å². The fraction of sp³-hybridized carbons (Fsp3) is 0.909. The molecule has 0 aromatic carbocycles. The molecule has 1 fully saturated rings. The molecule has 4 heteroatoms. The molecule has 1 aliphatic rings. The quantitative estimate of drug-likeness (QED) is 0.699. The van der Waals surface area contributed by atoms with Crippen molar-refractivity contribution in [1.82, 2.24) is 4.90 Å². The van der Waals surface area contributed by atoms with Crippen LogP contribution in [0.15, 0.2) is 0 Å². The molecule has 0 aromatic rings. The van der Waals surface area contributed by atoms with Crippen LogP contribution in [0.5, 0.6) is 0 Å². The van der Waals surface area contributed by atoms with Crippen molar-refractivity contribution in [3.8, 4) is 0 Å². The molecule has 0 unspecified atom stereocenters. The Kier molecular flexibility index (Phi) is 3.31. The van der Waals surface area contributed by atoms with E-state index in [0.29, 0.717) is 5.17 Å². The Morgan fingerprint density at radius 3 is 2.13 bits per heavy atom. The minimum atomic E-state index is -0.719. The summed E-state index contributed by atoms with van der Waals surface area (Å²) in [6, 6.07) is 0.0901. The molecule has 1 rings (SSSR count). The summed E-state index contributed by atoms with van der Waals surface area (Å²) in [5, 5.41) is 10.4. The van der Waals surface area contributed by atoms with Crippen molar-refractivity contribution in [2.75, 3.05) is 6.54 Å². The molecule has 1 aliphatic heterocycles. The number of thiocarbonyl (C=S) groups is 1. The van der Waals surface area contributed by atoms with E-state index in [-0.39, 0.29) is 11.6 Å². The fourth-order valence-corrected chi connectivity index (χ4v) is 2.13. The van der Waals surface area contributed by atoms with Crippen LogP contribution in [0.2, 0.25) is 0 Å². The number of likely N-dealkylation sites (tertiary alicyclic amines) is 1. The molecule has 1 atom stereocenters. The molecule has 88 valence electrons. The zero-order valence-corrected chi connectivity index (χ0v) is 11.0. The molecule has 0 aromatic heterocycles. The van der Waals surface area contributed by atoms with E-state index < -0.39 is 5.60 Å². The lowest BCUT2D eigenvalue weighted by atomic mass is 9.88. The second-order valence-corrected chi connectivity index (χ2v) is 5.98. The number of aliphatic hydroxyl groups is 1. The zero-order valence-electron chi connectivity index (χ0n) is 10.2. The average molecular weight is 231 g/mol. The van der Waals surface area contributed by atoms with Gasteiger partial charge in [0.1, 0.15) is 5.60 Å². The number of rotatable bonds is 1.